The molecule has 2 amide bonds. The van der Waals surface area contributed by atoms with Crippen LogP contribution in [0.5, 0.6) is 5.75 Å². The van der Waals surface area contributed by atoms with Gasteiger partial charge in [0.05, 0.1) is 0 Å². The Morgan fingerprint density at radius 3 is 2.41 bits per heavy atom. The fourth-order valence-electron chi connectivity index (χ4n) is 3.34. The van der Waals surface area contributed by atoms with Crippen LogP contribution >= 0.6 is 24.8 Å². The number of benzene rings is 1. The first-order valence-corrected chi connectivity index (χ1v) is 10.7. The first kappa shape index (κ1) is 30.3. The summed E-state index contributed by atoms with van der Waals surface area (Å²) in [6.07, 6.45) is 0.537. The Bertz CT molecular complexity index is 685. The summed E-state index contributed by atoms with van der Waals surface area (Å²) in [6.45, 7) is 11.1. The van der Waals surface area contributed by atoms with Gasteiger partial charge in [0.1, 0.15) is 17.9 Å². The van der Waals surface area contributed by atoms with Gasteiger partial charge in [0.25, 0.3) is 0 Å². The molecule has 0 bridgehead atoms. The normalized spacial score (nSPS) is 15.6. The molecule has 0 unspecified atom stereocenters. The van der Waals surface area contributed by atoms with Crippen molar-refractivity contribution in [3.8, 4) is 5.75 Å². The third kappa shape index (κ3) is 10.7. The number of hydrogen-bond acceptors (Lipinski definition) is 6. The summed E-state index contributed by atoms with van der Waals surface area (Å²) in [5, 5.41) is 18.5. The quantitative estimate of drug-likeness (QED) is 0.399. The highest BCUT2D eigenvalue weighted by atomic mass is 35.5. The summed E-state index contributed by atoms with van der Waals surface area (Å²) in [5.74, 6) is 0.369. The maximum absolute atomic E-state index is 12.9. The lowest BCUT2D eigenvalue weighted by molar-refractivity contribution is -0.126. The number of hydrogen-bond donors (Lipinski definition) is 4. The first-order chi connectivity index (χ1) is 14.3. The van der Waals surface area contributed by atoms with Gasteiger partial charge in [-0.3, -0.25) is 9.69 Å². The van der Waals surface area contributed by atoms with E-state index in [0.29, 0.717) is 19.0 Å². The molecule has 1 aromatic carbocycles. The van der Waals surface area contributed by atoms with E-state index in [1.54, 1.807) is 31.2 Å². The molecule has 0 radical (unpaired) electrons. The molecule has 1 aliphatic heterocycles. The molecule has 1 fully saturated rings. The minimum absolute atomic E-state index is 0. The lowest BCUT2D eigenvalue weighted by atomic mass is 9.91. The summed E-state index contributed by atoms with van der Waals surface area (Å²) in [6, 6.07) is 6.62. The number of phenols is 1. The van der Waals surface area contributed by atoms with E-state index in [-0.39, 0.29) is 49.5 Å². The Balaban J connectivity index is 0.00000480. The molecule has 1 aromatic rings. The molecule has 0 aromatic heterocycles. The summed E-state index contributed by atoms with van der Waals surface area (Å²) >= 11 is 0. The van der Waals surface area contributed by atoms with Gasteiger partial charge < -0.3 is 25.8 Å². The Labute approximate surface area is 203 Å². The van der Waals surface area contributed by atoms with Crippen LogP contribution in [0.1, 0.15) is 32.8 Å². The maximum Gasteiger partial charge on any atom is 0.408 e. The van der Waals surface area contributed by atoms with Gasteiger partial charge in [-0.05, 0) is 37.0 Å². The number of aromatic hydroxyl groups is 1. The second-order valence-corrected chi connectivity index (χ2v) is 8.47. The molecular weight excluding hydrogens is 455 g/mol. The van der Waals surface area contributed by atoms with E-state index >= 15 is 0 Å². The zero-order valence-electron chi connectivity index (χ0n) is 19.2. The van der Waals surface area contributed by atoms with Gasteiger partial charge in [0.2, 0.25) is 5.91 Å². The molecule has 10 heteroatoms. The van der Waals surface area contributed by atoms with Gasteiger partial charge in [-0.15, -0.1) is 24.8 Å². The van der Waals surface area contributed by atoms with Gasteiger partial charge in [-0.1, -0.05) is 26.0 Å². The minimum Gasteiger partial charge on any atom is -0.508 e. The van der Waals surface area contributed by atoms with Crippen molar-refractivity contribution in [2.24, 2.45) is 5.92 Å². The number of phenolic OH excluding ortho intramolecular Hbond substituents is 1. The third-order valence-electron chi connectivity index (χ3n) is 5.23. The third-order valence-corrected chi connectivity index (χ3v) is 5.23. The lowest BCUT2D eigenvalue weighted by Crippen LogP contribution is -2.58. The van der Waals surface area contributed by atoms with Crippen molar-refractivity contribution in [2.45, 2.75) is 39.2 Å². The van der Waals surface area contributed by atoms with Crippen molar-refractivity contribution in [1.29, 1.82) is 0 Å². The molecule has 0 aliphatic carbocycles. The SMILES string of the molecule is CC(C)CCNC(=O)[C@](C)(Cc1ccc(O)cc1)NC(=O)OCCN1CCNCC1.Cl.Cl. The van der Waals surface area contributed by atoms with Gasteiger partial charge in [-0.25, -0.2) is 4.79 Å². The zero-order chi connectivity index (χ0) is 22.0. The molecule has 1 saturated heterocycles. The summed E-state index contributed by atoms with van der Waals surface area (Å²) in [7, 11) is 0. The van der Waals surface area contributed by atoms with Crippen molar-refractivity contribution in [2.75, 3.05) is 45.9 Å². The minimum atomic E-state index is -1.17. The van der Waals surface area contributed by atoms with Crippen LogP contribution < -0.4 is 16.0 Å². The number of carbonyl (C=O) groups is 2. The molecule has 32 heavy (non-hydrogen) atoms. The number of rotatable bonds is 10. The van der Waals surface area contributed by atoms with Crippen LogP contribution in [0.25, 0.3) is 0 Å². The van der Waals surface area contributed by atoms with Crippen molar-refractivity contribution in [3.05, 3.63) is 29.8 Å². The Kier molecular flexibility index (Phi) is 14.3. The standard InChI is InChI=1S/C22H36N4O4.2ClH/c1-17(2)8-9-24-20(28)22(3,16-18-4-6-19(27)7-5-18)25-21(29)30-15-14-26-12-10-23-11-13-26;;/h4-7,17,23,27H,8-16H2,1-3H3,(H,24,28)(H,25,29);2*1H/t22-;;/m0../s1. The predicted octanol–water partition coefficient (Wildman–Crippen LogP) is 2.33. The first-order valence-electron chi connectivity index (χ1n) is 10.7. The van der Waals surface area contributed by atoms with Crippen LogP contribution in [0.3, 0.4) is 0 Å². The number of halogens is 2. The molecule has 2 rings (SSSR count). The average Bonchev–Trinajstić information content (AvgIpc) is 2.70. The zero-order valence-corrected chi connectivity index (χ0v) is 20.8. The van der Waals surface area contributed by atoms with Crippen LogP contribution in [-0.2, 0) is 16.0 Å². The number of alkyl carbamates (subject to hydrolysis) is 1. The predicted molar refractivity (Wildman–Crippen MR) is 131 cm³/mol. The van der Waals surface area contributed by atoms with E-state index in [9.17, 15) is 14.7 Å². The van der Waals surface area contributed by atoms with E-state index < -0.39 is 11.6 Å². The van der Waals surface area contributed by atoms with Gasteiger partial charge in [-0.2, -0.15) is 0 Å². The monoisotopic (exact) mass is 492 g/mol. The van der Waals surface area contributed by atoms with Crippen LogP contribution in [0, 0.1) is 5.92 Å². The number of piperazine rings is 1. The van der Waals surface area contributed by atoms with Crippen LogP contribution in [0.15, 0.2) is 24.3 Å². The average molecular weight is 493 g/mol. The van der Waals surface area contributed by atoms with E-state index in [4.69, 9.17) is 4.74 Å². The van der Waals surface area contributed by atoms with E-state index in [1.807, 2.05) is 0 Å². The molecule has 0 spiro atoms. The topological polar surface area (TPSA) is 103 Å². The van der Waals surface area contributed by atoms with Crippen molar-refractivity contribution >= 4 is 36.8 Å². The van der Waals surface area contributed by atoms with E-state index in [1.165, 1.54) is 0 Å². The van der Waals surface area contributed by atoms with Gasteiger partial charge >= 0.3 is 6.09 Å². The highest BCUT2D eigenvalue weighted by Gasteiger charge is 2.35. The van der Waals surface area contributed by atoms with Gasteiger partial charge in [0, 0.05) is 45.7 Å². The van der Waals surface area contributed by atoms with Crippen LogP contribution in [0.4, 0.5) is 4.79 Å². The molecule has 1 aliphatic rings. The molecular formula is C22H38Cl2N4O4. The van der Waals surface area contributed by atoms with Crippen LogP contribution in [-0.4, -0.2) is 73.4 Å². The van der Waals surface area contributed by atoms with Crippen molar-refractivity contribution < 1.29 is 19.4 Å². The van der Waals surface area contributed by atoms with E-state index in [2.05, 4.69) is 34.7 Å². The molecule has 184 valence electrons. The highest BCUT2D eigenvalue weighted by molar-refractivity contribution is 5.89. The van der Waals surface area contributed by atoms with Crippen molar-refractivity contribution in [1.82, 2.24) is 20.9 Å². The fraction of sp³-hybridized carbons (Fsp3) is 0.636. The number of nitrogens with zero attached hydrogens (tertiary/aromatic N) is 1. The largest absolute Gasteiger partial charge is 0.508 e. The smallest absolute Gasteiger partial charge is 0.408 e. The Hall–Kier alpha value is -1.74. The Morgan fingerprint density at radius 2 is 1.81 bits per heavy atom. The summed E-state index contributed by atoms with van der Waals surface area (Å²) < 4.78 is 5.36. The highest BCUT2D eigenvalue weighted by Crippen LogP contribution is 2.17. The molecule has 1 heterocycles. The number of carbonyl (C=O) groups excluding carboxylic acids is 2. The second kappa shape index (κ2) is 15.2. The maximum atomic E-state index is 12.9. The summed E-state index contributed by atoms with van der Waals surface area (Å²) in [4.78, 5) is 27.6. The fourth-order valence-corrected chi connectivity index (χ4v) is 3.34. The van der Waals surface area contributed by atoms with E-state index in [0.717, 1.165) is 38.2 Å². The molecule has 1 atom stereocenters. The number of nitrogens with one attached hydrogen (secondary N) is 3. The molecule has 4 N–H and O–H groups in total. The van der Waals surface area contributed by atoms with Gasteiger partial charge in [0.15, 0.2) is 0 Å². The Morgan fingerprint density at radius 1 is 1.19 bits per heavy atom. The lowest BCUT2D eigenvalue weighted by Gasteiger charge is -2.30. The second-order valence-electron chi connectivity index (χ2n) is 8.47. The van der Waals surface area contributed by atoms with Crippen molar-refractivity contribution in [3.63, 3.8) is 0 Å². The number of amides is 2. The molecule has 8 nitrogen and oxygen atoms in total. The number of ether oxygens (including phenoxy) is 1. The van der Waals surface area contributed by atoms with Crippen LogP contribution in [0.2, 0.25) is 0 Å². The molecule has 0 saturated carbocycles. The summed E-state index contributed by atoms with van der Waals surface area (Å²) in [5.41, 5.74) is -0.337.